The summed E-state index contributed by atoms with van der Waals surface area (Å²) in [5.74, 6) is 0. The van der Waals surface area contributed by atoms with Crippen LogP contribution in [0.5, 0.6) is 0 Å². The zero-order chi connectivity index (χ0) is 17.5. The van der Waals surface area contributed by atoms with Crippen molar-refractivity contribution in [3.63, 3.8) is 0 Å². The fraction of sp³-hybridized carbons (Fsp3) is 0.167. The third kappa shape index (κ3) is 4.07. The lowest BCUT2D eigenvalue weighted by Gasteiger charge is -2.14. The Morgan fingerprint density at radius 2 is 1.80 bits per heavy atom. The number of hydrogen-bond donors (Lipinski definition) is 1. The zero-order valence-corrected chi connectivity index (χ0v) is 14.6. The van der Waals surface area contributed by atoms with Crippen LogP contribution < -0.4 is 5.32 Å². The Kier molecular flexibility index (Phi) is 5.81. The molecule has 0 fully saturated rings. The molecule has 1 unspecified atom stereocenters. The Hall–Kier alpha value is -2.64. The van der Waals surface area contributed by atoms with Gasteiger partial charge >= 0.3 is 0 Å². The fourth-order valence-electron chi connectivity index (χ4n) is 3.49. The van der Waals surface area contributed by atoms with Crippen LogP contribution >= 0.6 is 0 Å². The predicted octanol–water partition coefficient (Wildman–Crippen LogP) is 5.65. The second kappa shape index (κ2) is 8.46. The molecule has 0 radical (unpaired) electrons. The molecule has 0 amide bonds. The maximum Gasteiger partial charge on any atom is 0.0328 e. The molecular weight excluding hydrogens is 302 g/mol. The van der Waals surface area contributed by atoms with Gasteiger partial charge in [-0.3, -0.25) is 0 Å². The van der Waals surface area contributed by atoms with Gasteiger partial charge in [0.25, 0.3) is 0 Å². The van der Waals surface area contributed by atoms with Crippen LogP contribution in [0, 0.1) is 0 Å². The molecule has 126 valence electrons. The standard InChI is InChI=1S/C24H25N/c1-3-10-19(4-2)22(20-11-6-5-7-12-20)17-18-25-24-16-15-21-13-8-9-14-23(21)24/h3-14,17,24-25H,1-2,15-16,18H2/b19-10+,22-17-. The summed E-state index contributed by atoms with van der Waals surface area (Å²) < 4.78 is 0. The van der Waals surface area contributed by atoms with Gasteiger partial charge in [0.2, 0.25) is 0 Å². The first kappa shape index (κ1) is 17.2. The molecule has 0 aliphatic heterocycles. The Balaban J connectivity index is 1.79. The van der Waals surface area contributed by atoms with Gasteiger partial charge in [-0.05, 0) is 40.7 Å². The van der Waals surface area contributed by atoms with Gasteiger partial charge in [0.05, 0.1) is 0 Å². The van der Waals surface area contributed by atoms with E-state index in [1.807, 2.05) is 24.3 Å². The Labute approximate surface area is 151 Å². The molecule has 1 aliphatic carbocycles. The van der Waals surface area contributed by atoms with Crippen LogP contribution in [0.4, 0.5) is 0 Å². The van der Waals surface area contributed by atoms with Gasteiger partial charge in [0, 0.05) is 12.6 Å². The van der Waals surface area contributed by atoms with Crippen molar-refractivity contribution >= 4 is 5.57 Å². The van der Waals surface area contributed by atoms with E-state index >= 15 is 0 Å². The maximum absolute atomic E-state index is 3.96. The molecule has 0 saturated heterocycles. The smallest absolute Gasteiger partial charge is 0.0328 e. The van der Waals surface area contributed by atoms with Crippen LogP contribution in [0.3, 0.4) is 0 Å². The summed E-state index contributed by atoms with van der Waals surface area (Å²) in [6, 6.07) is 19.6. The molecule has 25 heavy (non-hydrogen) atoms. The Morgan fingerprint density at radius 3 is 2.56 bits per heavy atom. The van der Waals surface area contributed by atoms with Crippen LogP contribution in [-0.2, 0) is 6.42 Å². The third-order valence-electron chi connectivity index (χ3n) is 4.72. The molecule has 2 aromatic rings. The van der Waals surface area contributed by atoms with Crippen LogP contribution in [0.25, 0.3) is 5.57 Å². The van der Waals surface area contributed by atoms with Gasteiger partial charge in [0.15, 0.2) is 0 Å². The molecule has 0 aromatic heterocycles. The van der Waals surface area contributed by atoms with Crippen LogP contribution in [0.2, 0.25) is 0 Å². The molecule has 1 aliphatic rings. The summed E-state index contributed by atoms with van der Waals surface area (Å²) in [7, 11) is 0. The van der Waals surface area contributed by atoms with Gasteiger partial charge in [-0.15, -0.1) is 0 Å². The van der Waals surface area contributed by atoms with Crippen molar-refractivity contribution in [2.75, 3.05) is 6.54 Å². The van der Waals surface area contributed by atoms with Crippen LogP contribution in [-0.4, -0.2) is 6.54 Å². The van der Waals surface area contributed by atoms with Gasteiger partial charge in [-0.25, -0.2) is 0 Å². The van der Waals surface area contributed by atoms with Gasteiger partial charge < -0.3 is 5.32 Å². The lowest BCUT2D eigenvalue weighted by molar-refractivity contribution is 0.564. The first-order valence-electron chi connectivity index (χ1n) is 8.85. The van der Waals surface area contributed by atoms with Gasteiger partial charge in [-0.2, -0.15) is 0 Å². The summed E-state index contributed by atoms with van der Waals surface area (Å²) in [5.41, 5.74) is 6.40. The van der Waals surface area contributed by atoms with E-state index in [0.717, 1.165) is 18.5 Å². The monoisotopic (exact) mass is 327 g/mol. The molecule has 1 N–H and O–H groups in total. The first-order chi connectivity index (χ1) is 12.3. The van der Waals surface area contributed by atoms with Crippen molar-refractivity contribution in [1.29, 1.82) is 0 Å². The number of fused-ring (bicyclic) bond motifs is 1. The van der Waals surface area contributed by atoms with E-state index in [9.17, 15) is 0 Å². The highest BCUT2D eigenvalue weighted by atomic mass is 14.9. The summed E-state index contributed by atoms with van der Waals surface area (Å²) in [4.78, 5) is 0. The van der Waals surface area contributed by atoms with Crippen molar-refractivity contribution in [2.24, 2.45) is 0 Å². The van der Waals surface area contributed by atoms with Gasteiger partial charge in [0.1, 0.15) is 0 Å². The predicted molar refractivity (Wildman–Crippen MR) is 108 cm³/mol. The number of benzene rings is 2. The van der Waals surface area contributed by atoms with Crippen LogP contribution in [0.1, 0.15) is 29.2 Å². The molecule has 0 saturated carbocycles. The highest BCUT2D eigenvalue weighted by Crippen LogP contribution is 2.31. The molecule has 0 spiro atoms. The highest BCUT2D eigenvalue weighted by Gasteiger charge is 2.20. The van der Waals surface area contributed by atoms with Crippen molar-refractivity contribution in [2.45, 2.75) is 18.9 Å². The number of hydrogen-bond acceptors (Lipinski definition) is 1. The normalized spacial score (nSPS) is 17.2. The average Bonchev–Trinajstić information content (AvgIpc) is 3.08. The molecule has 2 aromatic carbocycles. The highest BCUT2D eigenvalue weighted by molar-refractivity contribution is 5.82. The molecule has 0 bridgehead atoms. The molecular formula is C24H25N. The maximum atomic E-state index is 3.96. The minimum atomic E-state index is 0.444. The minimum absolute atomic E-state index is 0.444. The van der Waals surface area contributed by atoms with Crippen molar-refractivity contribution in [1.82, 2.24) is 5.32 Å². The molecule has 0 heterocycles. The van der Waals surface area contributed by atoms with E-state index in [2.05, 4.69) is 73.1 Å². The fourth-order valence-corrected chi connectivity index (χ4v) is 3.49. The summed E-state index contributed by atoms with van der Waals surface area (Å²) in [5, 5.41) is 3.70. The number of aryl methyl sites for hydroxylation is 1. The van der Waals surface area contributed by atoms with Crippen LogP contribution in [0.15, 0.2) is 97.6 Å². The average molecular weight is 327 g/mol. The minimum Gasteiger partial charge on any atom is -0.306 e. The van der Waals surface area contributed by atoms with E-state index in [0.29, 0.717) is 6.04 Å². The topological polar surface area (TPSA) is 12.0 Å². The van der Waals surface area contributed by atoms with E-state index in [1.165, 1.54) is 28.7 Å². The number of rotatable bonds is 7. The SMILES string of the molecule is C=C/C=C(C=C)/C(=C/CNC1CCc2ccccc21)c1ccccc1. The molecule has 1 nitrogen and oxygen atoms in total. The second-order valence-corrected chi connectivity index (χ2v) is 6.24. The van der Waals surface area contributed by atoms with E-state index in [-0.39, 0.29) is 0 Å². The quantitative estimate of drug-likeness (QED) is 0.648. The zero-order valence-electron chi connectivity index (χ0n) is 14.6. The molecule has 3 rings (SSSR count). The summed E-state index contributed by atoms with van der Waals surface area (Å²) in [6.07, 6.45) is 10.3. The molecule has 1 heteroatoms. The largest absolute Gasteiger partial charge is 0.306 e. The van der Waals surface area contributed by atoms with Crippen molar-refractivity contribution in [3.05, 3.63) is 114 Å². The Bertz CT molecular complexity index is 796. The Morgan fingerprint density at radius 1 is 1.04 bits per heavy atom. The third-order valence-corrected chi connectivity index (χ3v) is 4.72. The number of allylic oxidation sites excluding steroid dienone is 5. The van der Waals surface area contributed by atoms with Crippen molar-refractivity contribution in [3.8, 4) is 0 Å². The van der Waals surface area contributed by atoms with E-state index in [1.54, 1.807) is 0 Å². The summed E-state index contributed by atoms with van der Waals surface area (Å²) in [6.45, 7) is 8.61. The van der Waals surface area contributed by atoms with E-state index < -0.39 is 0 Å². The first-order valence-corrected chi connectivity index (χ1v) is 8.85. The second-order valence-electron chi connectivity index (χ2n) is 6.24. The van der Waals surface area contributed by atoms with Crippen molar-refractivity contribution < 1.29 is 0 Å². The van der Waals surface area contributed by atoms with E-state index in [4.69, 9.17) is 0 Å². The number of nitrogens with one attached hydrogen (secondary N) is 1. The van der Waals surface area contributed by atoms with Gasteiger partial charge in [-0.1, -0.05) is 92.1 Å². The molecule has 1 atom stereocenters. The summed E-state index contributed by atoms with van der Waals surface area (Å²) >= 11 is 0. The lowest BCUT2D eigenvalue weighted by Crippen LogP contribution is -2.19. The lowest BCUT2D eigenvalue weighted by atomic mass is 9.97.